The number of nitrogens with zero attached hydrogens (tertiary/aromatic N) is 5. The molecule has 0 spiro atoms. The summed E-state index contributed by atoms with van der Waals surface area (Å²) in [5.41, 5.74) is 2.55. The first-order chi connectivity index (χ1) is 11.2. The van der Waals surface area contributed by atoms with Crippen molar-refractivity contribution in [2.45, 2.75) is 32.2 Å². The van der Waals surface area contributed by atoms with Gasteiger partial charge in [0.1, 0.15) is 4.88 Å². The molecule has 7 nitrogen and oxygen atoms in total. The summed E-state index contributed by atoms with van der Waals surface area (Å²) in [5, 5.41) is 4.06. The second kappa shape index (κ2) is 6.01. The molecule has 122 valence electrons. The number of carbonyl (C=O) groups excluding carboxylic acids is 1. The van der Waals surface area contributed by atoms with Crippen LogP contribution >= 0.6 is 11.3 Å². The highest BCUT2D eigenvalue weighted by Gasteiger charge is 2.30. The van der Waals surface area contributed by atoms with Gasteiger partial charge in [0.2, 0.25) is 5.89 Å². The molecule has 1 saturated heterocycles. The molecule has 1 aliphatic carbocycles. The van der Waals surface area contributed by atoms with E-state index in [0.717, 1.165) is 48.5 Å². The molecular weight excluding hydrogens is 314 g/mol. The Bertz CT molecular complexity index is 700. The molecule has 0 atom stereocenters. The van der Waals surface area contributed by atoms with Crippen LogP contribution in [0.4, 0.5) is 0 Å². The number of thiazole rings is 1. The van der Waals surface area contributed by atoms with Gasteiger partial charge in [0, 0.05) is 32.1 Å². The van der Waals surface area contributed by atoms with Crippen LogP contribution in [0.15, 0.2) is 10.0 Å². The highest BCUT2D eigenvalue weighted by molar-refractivity contribution is 7.11. The summed E-state index contributed by atoms with van der Waals surface area (Å²) in [6.45, 7) is 5.69. The van der Waals surface area contributed by atoms with Crippen LogP contribution in [0.3, 0.4) is 0 Å². The van der Waals surface area contributed by atoms with Crippen molar-refractivity contribution in [3.8, 4) is 0 Å². The van der Waals surface area contributed by atoms with Crippen LogP contribution in [-0.2, 0) is 6.54 Å². The number of hydrogen-bond acceptors (Lipinski definition) is 7. The minimum atomic E-state index is 0.0974. The fourth-order valence-corrected chi connectivity index (χ4v) is 3.56. The Morgan fingerprint density at radius 2 is 2.13 bits per heavy atom. The third-order valence-electron chi connectivity index (χ3n) is 4.37. The Morgan fingerprint density at radius 3 is 2.78 bits per heavy atom. The van der Waals surface area contributed by atoms with Crippen LogP contribution < -0.4 is 0 Å². The van der Waals surface area contributed by atoms with Crippen LogP contribution in [0.2, 0.25) is 0 Å². The number of carbonyl (C=O) groups is 1. The van der Waals surface area contributed by atoms with Gasteiger partial charge < -0.3 is 9.42 Å². The molecule has 2 aromatic heterocycles. The molecule has 2 aromatic rings. The van der Waals surface area contributed by atoms with E-state index in [-0.39, 0.29) is 5.91 Å². The molecule has 2 fully saturated rings. The Morgan fingerprint density at radius 1 is 1.35 bits per heavy atom. The van der Waals surface area contributed by atoms with E-state index in [1.54, 1.807) is 5.51 Å². The number of aryl methyl sites for hydroxylation is 1. The predicted molar refractivity (Wildman–Crippen MR) is 84.3 cm³/mol. The van der Waals surface area contributed by atoms with Crippen LogP contribution in [0, 0.1) is 6.92 Å². The van der Waals surface area contributed by atoms with Crippen molar-refractivity contribution in [3.63, 3.8) is 0 Å². The van der Waals surface area contributed by atoms with E-state index in [4.69, 9.17) is 4.52 Å². The molecule has 23 heavy (non-hydrogen) atoms. The number of amides is 1. The number of piperazine rings is 1. The summed E-state index contributed by atoms with van der Waals surface area (Å²) in [4.78, 5) is 26.0. The molecule has 4 rings (SSSR count). The van der Waals surface area contributed by atoms with Crippen molar-refractivity contribution >= 4 is 17.2 Å². The minimum Gasteiger partial charge on any atom is -0.339 e. The van der Waals surface area contributed by atoms with Gasteiger partial charge in [-0.05, 0) is 19.8 Å². The van der Waals surface area contributed by atoms with Crippen molar-refractivity contribution in [1.82, 2.24) is 24.9 Å². The van der Waals surface area contributed by atoms with Gasteiger partial charge in [0.25, 0.3) is 5.91 Å². The topological polar surface area (TPSA) is 75.4 Å². The summed E-state index contributed by atoms with van der Waals surface area (Å²) in [6, 6.07) is 0. The van der Waals surface area contributed by atoms with Crippen LogP contribution in [0.25, 0.3) is 0 Å². The van der Waals surface area contributed by atoms with Gasteiger partial charge in [0.05, 0.1) is 17.7 Å². The summed E-state index contributed by atoms with van der Waals surface area (Å²) in [6.07, 6.45) is 2.33. The lowest BCUT2D eigenvalue weighted by atomic mass is 10.2. The molecule has 0 aromatic carbocycles. The molecule has 3 heterocycles. The SMILES string of the molecule is Cc1ncsc1C(=O)N1CCN(Cc2noc(C3CC3)n2)CC1. The standard InChI is InChI=1S/C15H19N5O2S/c1-10-13(23-9-16-10)15(21)20-6-4-19(5-7-20)8-12-17-14(22-18-12)11-2-3-11/h9,11H,2-8H2,1H3. The first-order valence-electron chi connectivity index (χ1n) is 7.95. The van der Waals surface area contributed by atoms with Gasteiger partial charge in [-0.25, -0.2) is 4.98 Å². The maximum atomic E-state index is 12.5. The lowest BCUT2D eigenvalue weighted by molar-refractivity contribution is 0.0628. The van der Waals surface area contributed by atoms with Gasteiger partial charge in [-0.3, -0.25) is 9.69 Å². The van der Waals surface area contributed by atoms with Crippen molar-refractivity contribution in [3.05, 3.63) is 27.8 Å². The van der Waals surface area contributed by atoms with E-state index < -0.39 is 0 Å². The van der Waals surface area contributed by atoms with Crippen LogP contribution in [0.5, 0.6) is 0 Å². The number of aromatic nitrogens is 3. The Kier molecular flexibility index (Phi) is 3.86. The minimum absolute atomic E-state index is 0.0974. The molecule has 2 aliphatic rings. The maximum absolute atomic E-state index is 12.5. The third kappa shape index (κ3) is 3.13. The largest absolute Gasteiger partial charge is 0.339 e. The first-order valence-corrected chi connectivity index (χ1v) is 8.83. The molecule has 0 bridgehead atoms. The Hall–Kier alpha value is -1.80. The second-order valence-corrected chi connectivity index (χ2v) is 7.01. The van der Waals surface area contributed by atoms with Crippen LogP contribution in [0.1, 0.15) is 45.8 Å². The van der Waals surface area contributed by atoms with E-state index in [1.807, 2.05) is 11.8 Å². The summed E-state index contributed by atoms with van der Waals surface area (Å²) in [7, 11) is 0. The zero-order chi connectivity index (χ0) is 15.8. The highest BCUT2D eigenvalue weighted by atomic mass is 32.1. The predicted octanol–water partition coefficient (Wildman–Crippen LogP) is 1.67. The summed E-state index contributed by atoms with van der Waals surface area (Å²) >= 11 is 1.42. The third-order valence-corrected chi connectivity index (χ3v) is 5.29. The quantitative estimate of drug-likeness (QED) is 0.847. The monoisotopic (exact) mass is 333 g/mol. The first kappa shape index (κ1) is 14.8. The maximum Gasteiger partial charge on any atom is 0.265 e. The lowest BCUT2D eigenvalue weighted by Crippen LogP contribution is -2.48. The van der Waals surface area contributed by atoms with Crippen molar-refractivity contribution in [2.75, 3.05) is 26.2 Å². The molecular formula is C15H19N5O2S. The van der Waals surface area contributed by atoms with Crippen molar-refractivity contribution < 1.29 is 9.32 Å². The van der Waals surface area contributed by atoms with Crippen LogP contribution in [-0.4, -0.2) is 57.0 Å². The number of hydrogen-bond donors (Lipinski definition) is 0. The average molecular weight is 333 g/mol. The fraction of sp³-hybridized carbons (Fsp3) is 0.600. The van der Waals surface area contributed by atoms with E-state index in [1.165, 1.54) is 24.2 Å². The molecule has 0 unspecified atom stereocenters. The summed E-state index contributed by atoms with van der Waals surface area (Å²) in [5.74, 6) is 2.13. The summed E-state index contributed by atoms with van der Waals surface area (Å²) < 4.78 is 5.29. The van der Waals surface area contributed by atoms with E-state index in [0.29, 0.717) is 12.5 Å². The molecule has 1 saturated carbocycles. The zero-order valence-corrected chi connectivity index (χ0v) is 13.9. The molecule has 1 aliphatic heterocycles. The molecule has 0 N–H and O–H groups in total. The molecule has 0 radical (unpaired) electrons. The van der Waals surface area contributed by atoms with Gasteiger partial charge in [-0.2, -0.15) is 4.98 Å². The van der Waals surface area contributed by atoms with Gasteiger partial charge in [-0.1, -0.05) is 5.16 Å². The normalized spacial score (nSPS) is 19.3. The molecule has 1 amide bonds. The second-order valence-electron chi connectivity index (χ2n) is 6.16. The van der Waals surface area contributed by atoms with Crippen molar-refractivity contribution in [2.24, 2.45) is 0 Å². The lowest BCUT2D eigenvalue weighted by Gasteiger charge is -2.33. The van der Waals surface area contributed by atoms with E-state index in [9.17, 15) is 4.79 Å². The van der Waals surface area contributed by atoms with Crippen molar-refractivity contribution in [1.29, 1.82) is 0 Å². The Labute approximate surface area is 138 Å². The zero-order valence-electron chi connectivity index (χ0n) is 13.1. The van der Waals surface area contributed by atoms with E-state index >= 15 is 0 Å². The number of rotatable bonds is 4. The van der Waals surface area contributed by atoms with Gasteiger partial charge in [0.15, 0.2) is 5.82 Å². The fourth-order valence-electron chi connectivity index (χ4n) is 2.79. The molecule has 8 heteroatoms. The van der Waals surface area contributed by atoms with Gasteiger partial charge in [-0.15, -0.1) is 11.3 Å². The highest BCUT2D eigenvalue weighted by Crippen LogP contribution is 2.38. The Balaban J connectivity index is 1.31. The average Bonchev–Trinajstić information content (AvgIpc) is 3.16. The van der Waals surface area contributed by atoms with E-state index in [2.05, 4.69) is 20.0 Å². The smallest absolute Gasteiger partial charge is 0.265 e. The van der Waals surface area contributed by atoms with Gasteiger partial charge >= 0.3 is 0 Å².